The molecule has 0 radical (unpaired) electrons. The summed E-state index contributed by atoms with van der Waals surface area (Å²) in [4.78, 5) is 16.0. The number of rotatable bonds is 4. The first-order chi connectivity index (χ1) is 15.0. The number of anilines is 1. The number of aryl methyl sites for hydroxylation is 1. The van der Waals surface area contributed by atoms with E-state index in [1.54, 1.807) is 10.9 Å². The van der Waals surface area contributed by atoms with E-state index in [4.69, 9.17) is 27.1 Å². The highest BCUT2D eigenvalue weighted by molar-refractivity contribution is 6.35. The molecule has 1 saturated heterocycles. The van der Waals surface area contributed by atoms with Crippen LogP contribution in [0.15, 0.2) is 42.7 Å². The maximum atomic E-state index is 6.55. The maximum Gasteiger partial charge on any atom is 0.258 e. The van der Waals surface area contributed by atoms with Crippen molar-refractivity contribution in [3.8, 4) is 28.5 Å². The predicted molar refractivity (Wildman–Crippen MR) is 121 cm³/mol. The minimum atomic E-state index is 0.0274. The summed E-state index contributed by atoms with van der Waals surface area (Å²) in [5, 5.41) is 5.95. The highest BCUT2D eigenvalue weighted by atomic mass is 35.5. The number of nitrogens with two attached hydrogens (primary N) is 1. The summed E-state index contributed by atoms with van der Waals surface area (Å²) in [6, 6.07) is 9.56. The summed E-state index contributed by atoms with van der Waals surface area (Å²) >= 11 is 6.55. The van der Waals surface area contributed by atoms with Crippen LogP contribution in [0.2, 0.25) is 5.02 Å². The molecule has 8 nitrogen and oxygen atoms in total. The standard InChI is InChI=1S/C22H22ClN7O/c1-29-8-5-15(12-29)31-22-21(24)26-20(17-6-9-30(2)28-17)19(27-22)14-10-13-4-3-7-25-18(13)16(23)11-14/h3-4,6-7,9-11,15H,5,8,12H2,1-2H3,(H2,24,26). The lowest BCUT2D eigenvalue weighted by atomic mass is 10.0. The minimum Gasteiger partial charge on any atom is -0.470 e. The Morgan fingerprint density at radius 3 is 2.77 bits per heavy atom. The lowest BCUT2D eigenvalue weighted by Crippen LogP contribution is -2.22. The number of aromatic nitrogens is 5. The third kappa shape index (κ3) is 3.80. The van der Waals surface area contributed by atoms with Gasteiger partial charge in [0.1, 0.15) is 23.2 Å². The van der Waals surface area contributed by atoms with Crippen LogP contribution in [0.4, 0.5) is 5.82 Å². The van der Waals surface area contributed by atoms with Crippen LogP contribution in [-0.4, -0.2) is 55.9 Å². The molecule has 4 heterocycles. The summed E-state index contributed by atoms with van der Waals surface area (Å²) < 4.78 is 7.86. The van der Waals surface area contributed by atoms with Gasteiger partial charge in [0.2, 0.25) is 0 Å². The quantitative estimate of drug-likeness (QED) is 0.524. The zero-order chi connectivity index (χ0) is 21.5. The second kappa shape index (κ2) is 7.79. The highest BCUT2D eigenvalue weighted by Gasteiger charge is 2.25. The van der Waals surface area contributed by atoms with E-state index in [1.807, 2.05) is 43.6 Å². The van der Waals surface area contributed by atoms with Crippen LogP contribution in [0.1, 0.15) is 6.42 Å². The molecule has 1 atom stereocenters. The van der Waals surface area contributed by atoms with Gasteiger partial charge in [0, 0.05) is 43.5 Å². The van der Waals surface area contributed by atoms with E-state index in [2.05, 4.69) is 27.0 Å². The molecule has 0 saturated carbocycles. The Balaban J connectivity index is 1.67. The topological polar surface area (TPSA) is 95.0 Å². The van der Waals surface area contributed by atoms with E-state index < -0.39 is 0 Å². The molecule has 158 valence electrons. The Bertz CT molecular complexity index is 1270. The van der Waals surface area contributed by atoms with Gasteiger partial charge in [-0.2, -0.15) is 5.10 Å². The fourth-order valence-electron chi connectivity index (χ4n) is 3.87. The van der Waals surface area contributed by atoms with Crippen molar-refractivity contribution in [1.29, 1.82) is 0 Å². The minimum absolute atomic E-state index is 0.0274. The van der Waals surface area contributed by atoms with E-state index in [0.29, 0.717) is 28.0 Å². The van der Waals surface area contributed by atoms with E-state index in [1.165, 1.54) is 0 Å². The second-order valence-corrected chi connectivity index (χ2v) is 8.22. The fourth-order valence-corrected chi connectivity index (χ4v) is 4.15. The average molecular weight is 436 g/mol. The molecule has 4 aromatic rings. The summed E-state index contributed by atoms with van der Waals surface area (Å²) in [5.74, 6) is 0.574. The van der Waals surface area contributed by atoms with E-state index in [9.17, 15) is 0 Å². The Hall–Kier alpha value is -3.23. The third-order valence-corrected chi connectivity index (χ3v) is 5.69. The number of halogens is 1. The number of nitrogen functional groups attached to an aromatic ring is 1. The average Bonchev–Trinajstić information content (AvgIpc) is 3.37. The van der Waals surface area contributed by atoms with Crippen molar-refractivity contribution in [2.45, 2.75) is 12.5 Å². The highest BCUT2D eigenvalue weighted by Crippen LogP contribution is 2.36. The molecule has 2 N–H and O–H groups in total. The van der Waals surface area contributed by atoms with Crippen LogP contribution < -0.4 is 10.5 Å². The van der Waals surface area contributed by atoms with Gasteiger partial charge in [0.25, 0.3) is 5.88 Å². The smallest absolute Gasteiger partial charge is 0.258 e. The normalized spacial score (nSPS) is 16.8. The molecule has 1 fully saturated rings. The summed E-state index contributed by atoms with van der Waals surface area (Å²) in [7, 11) is 3.92. The van der Waals surface area contributed by atoms with Gasteiger partial charge in [0.05, 0.1) is 10.5 Å². The first kappa shape index (κ1) is 19.7. The zero-order valence-electron chi connectivity index (χ0n) is 17.3. The molecule has 9 heteroatoms. The number of likely N-dealkylation sites (N-methyl/N-ethyl adjacent to an activating group) is 1. The fraction of sp³-hybridized carbons (Fsp3) is 0.273. The molecule has 0 bridgehead atoms. The van der Waals surface area contributed by atoms with Gasteiger partial charge in [-0.3, -0.25) is 9.67 Å². The summed E-state index contributed by atoms with van der Waals surface area (Å²) in [6.45, 7) is 1.80. The van der Waals surface area contributed by atoms with E-state index in [-0.39, 0.29) is 11.9 Å². The molecule has 31 heavy (non-hydrogen) atoms. The molecular formula is C22H22ClN7O. The van der Waals surface area contributed by atoms with E-state index in [0.717, 1.165) is 36.0 Å². The number of benzene rings is 1. The molecule has 1 aliphatic rings. The number of nitrogens with zero attached hydrogens (tertiary/aromatic N) is 6. The maximum absolute atomic E-state index is 6.55. The predicted octanol–water partition coefficient (Wildman–Crippen LogP) is 3.41. The van der Waals surface area contributed by atoms with Gasteiger partial charge in [-0.1, -0.05) is 17.7 Å². The molecule has 1 aromatic carbocycles. The van der Waals surface area contributed by atoms with Crippen LogP contribution in [-0.2, 0) is 7.05 Å². The van der Waals surface area contributed by atoms with Crippen molar-refractivity contribution in [2.75, 3.05) is 25.9 Å². The molecular weight excluding hydrogens is 414 g/mol. The van der Waals surface area contributed by atoms with Gasteiger partial charge in [0.15, 0.2) is 5.82 Å². The van der Waals surface area contributed by atoms with Crippen molar-refractivity contribution in [3.05, 3.63) is 47.7 Å². The van der Waals surface area contributed by atoms with Crippen molar-refractivity contribution in [1.82, 2.24) is 29.6 Å². The molecule has 0 aliphatic carbocycles. The lowest BCUT2D eigenvalue weighted by molar-refractivity contribution is 0.201. The van der Waals surface area contributed by atoms with E-state index >= 15 is 0 Å². The molecule has 1 aliphatic heterocycles. The van der Waals surface area contributed by atoms with Gasteiger partial charge in [-0.15, -0.1) is 0 Å². The number of pyridine rings is 1. The summed E-state index contributed by atoms with van der Waals surface area (Å²) in [6.07, 6.45) is 4.52. The van der Waals surface area contributed by atoms with Crippen molar-refractivity contribution in [2.24, 2.45) is 7.05 Å². The van der Waals surface area contributed by atoms with Crippen LogP contribution >= 0.6 is 11.6 Å². The molecule has 0 spiro atoms. The Labute approximate surface area is 184 Å². The first-order valence-electron chi connectivity index (χ1n) is 10.1. The van der Waals surface area contributed by atoms with Gasteiger partial charge in [-0.25, -0.2) is 9.97 Å². The molecule has 3 aromatic heterocycles. The molecule has 1 unspecified atom stereocenters. The van der Waals surface area contributed by atoms with Gasteiger partial charge in [-0.05, 0) is 37.7 Å². The van der Waals surface area contributed by atoms with Crippen molar-refractivity contribution in [3.63, 3.8) is 0 Å². The van der Waals surface area contributed by atoms with Crippen molar-refractivity contribution >= 4 is 28.3 Å². The number of hydrogen-bond acceptors (Lipinski definition) is 7. The van der Waals surface area contributed by atoms with Crippen LogP contribution in [0.5, 0.6) is 5.88 Å². The van der Waals surface area contributed by atoms with Gasteiger partial charge >= 0.3 is 0 Å². The number of hydrogen-bond donors (Lipinski definition) is 1. The van der Waals surface area contributed by atoms with Crippen LogP contribution in [0.3, 0.4) is 0 Å². The lowest BCUT2D eigenvalue weighted by Gasteiger charge is -2.17. The number of ether oxygens (including phenoxy) is 1. The zero-order valence-corrected chi connectivity index (χ0v) is 18.0. The van der Waals surface area contributed by atoms with Crippen LogP contribution in [0.25, 0.3) is 33.5 Å². The largest absolute Gasteiger partial charge is 0.470 e. The van der Waals surface area contributed by atoms with Crippen LogP contribution in [0, 0.1) is 0 Å². The van der Waals surface area contributed by atoms with Gasteiger partial charge < -0.3 is 15.4 Å². The monoisotopic (exact) mass is 435 g/mol. The Morgan fingerprint density at radius 2 is 2.03 bits per heavy atom. The third-order valence-electron chi connectivity index (χ3n) is 5.40. The van der Waals surface area contributed by atoms with Crippen molar-refractivity contribution < 1.29 is 4.74 Å². The molecule has 5 rings (SSSR count). The molecule has 0 amide bonds. The first-order valence-corrected chi connectivity index (χ1v) is 10.4. The number of fused-ring (bicyclic) bond motifs is 1. The SMILES string of the molecule is CN1CCC(Oc2nc(-c3cc(Cl)c4ncccc4c3)c(-c3ccn(C)n3)nc2N)C1. The summed E-state index contributed by atoms with van der Waals surface area (Å²) in [5.41, 5.74) is 9.66. The Morgan fingerprint density at radius 1 is 1.16 bits per heavy atom. The Kier molecular flexibility index (Phi) is 4.95. The second-order valence-electron chi connectivity index (χ2n) is 7.81. The number of likely N-dealkylation sites (tertiary alicyclic amines) is 1.